The first kappa shape index (κ1) is 21.7. The molecule has 1 heterocycles. The van der Waals surface area contributed by atoms with E-state index < -0.39 is 5.97 Å². The first-order chi connectivity index (χ1) is 15.0. The van der Waals surface area contributed by atoms with Crippen LogP contribution in [0.25, 0.3) is 5.69 Å². The normalized spacial score (nSPS) is 10.5. The van der Waals surface area contributed by atoms with Gasteiger partial charge in [0, 0.05) is 6.54 Å². The lowest BCUT2D eigenvalue weighted by Crippen LogP contribution is -2.31. The molecule has 158 valence electrons. The Balaban J connectivity index is 1.75. The number of nitrogens with zero attached hydrogens (tertiary/aromatic N) is 4. The van der Waals surface area contributed by atoms with Gasteiger partial charge in [0.15, 0.2) is 5.82 Å². The van der Waals surface area contributed by atoms with Crippen LogP contribution in [0.5, 0.6) is 0 Å². The number of likely N-dealkylation sites (N-methyl/N-ethyl adjacent to an activating group) is 1. The molecule has 0 radical (unpaired) electrons. The number of nitrogens with one attached hydrogen (secondary N) is 1. The molecular weight excluding hydrogens is 394 g/mol. The van der Waals surface area contributed by atoms with Crippen LogP contribution in [0, 0.1) is 11.3 Å². The molecule has 0 unspecified atom stereocenters. The van der Waals surface area contributed by atoms with Crippen LogP contribution in [0.15, 0.2) is 60.8 Å². The fourth-order valence-electron chi connectivity index (χ4n) is 3.06. The minimum atomic E-state index is -0.550. The van der Waals surface area contributed by atoms with Crippen molar-refractivity contribution in [2.24, 2.45) is 0 Å². The predicted octanol–water partition coefficient (Wildman–Crippen LogP) is 2.99. The number of amides is 1. The fraction of sp³-hybridized carbons (Fsp3) is 0.217. The quantitative estimate of drug-likeness (QED) is 0.566. The lowest BCUT2D eigenvalue weighted by atomic mass is 10.1. The molecule has 2 aromatic carbocycles. The zero-order valence-corrected chi connectivity index (χ0v) is 17.4. The van der Waals surface area contributed by atoms with Crippen molar-refractivity contribution in [2.45, 2.75) is 13.5 Å². The molecule has 3 rings (SSSR count). The molecule has 8 heteroatoms. The average molecular weight is 417 g/mol. The Morgan fingerprint density at radius 3 is 2.52 bits per heavy atom. The number of para-hydroxylation sites is 1. The Morgan fingerprint density at radius 1 is 1.16 bits per heavy atom. The number of anilines is 1. The maximum Gasteiger partial charge on any atom is 0.343 e. The minimum absolute atomic E-state index is 0.0994. The van der Waals surface area contributed by atoms with Crippen LogP contribution in [0.3, 0.4) is 0 Å². The van der Waals surface area contributed by atoms with E-state index in [1.807, 2.05) is 54.4 Å². The van der Waals surface area contributed by atoms with Crippen LogP contribution in [0.1, 0.15) is 28.4 Å². The SMILES string of the molecule is CCOC(=O)c1cnn(-c2ccccc2)c1NC(=O)CN(C)Cc1ccc(C#N)cc1. The predicted molar refractivity (Wildman–Crippen MR) is 116 cm³/mol. The Morgan fingerprint density at radius 2 is 1.87 bits per heavy atom. The molecule has 1 aromatic heterocycles. The molecule has 8 nitrogen and oxygen atoms in total. The summed E-state index contributed by atoms with van der Waals surface area (Å²) in [6.45, 7) is 2.57. The van der Waals surface area contributed by atoms with Gasteiger partial charge in [-0.2, -0.15) is 10.4 Å². The number of carbonyl (C=O) groups is 2. The van der Waals surface area contributed by atoms with E-state index in [1.54, 1.807) is 19.1 Å². The van der Waals surface area contributed by atoms with E-state index in [-0.39, 0.29) is 30.4 Å². The molecule has 31 heavy (non-hydrogen) atoms. The lowest BCUT2D eigenvalue weighted by molar-refractivity contribution is -0.117. The van der Waals surface area contributed by atoms with Gasteiger partial charge < -0.3 is 10.1 Å². The third kappa shape index (κ3) is 5.56. The third-order valence-electron chi connectivity index (χ3n) is 4.47. The van der Waals surface area contributed by atoms with Crippen LogP contribution >= 0.6 is 0 Å². The van der Waals surface area contributed by atoms with Crippen molar-refractivity contribution in [2.75, 3.05) is 25.5 Å². The van der Waals surface area contributed by atoms with Crippen molar-refractivity contribution < 1.29 is 14.3 Å². The summed E-state index contributed by atoms with van der Waals surface area (Å²) < 4.78 is 6.61. The first-order valence-electron chi connectivity index (χ1n) is 9.79. The second kappa shape index (κ2) is 10.2. The summed E-state index contributed by atoms with van der Waals surface area (Å²) in [4.78, 5) is 26.9. The second-order valence-electron chi connectivity index (χ2n) is 6.90. The zero-order chi connectivity index (χ0) is 22.2. The zero-order valence-electron chi connectivity index (χ0n) is 17.4. The molecule has 0 saturated heterocycles. The molecule has 1 amide bonds. The highest BCUT2D eigenvalue weighted by molar-refractivity contribution is 6.01. The van der Waals surface area contributed by atoms with Crippen molar-refractivity contribution in [3.05, 3.63) is 77.5 Å². The van der Waals surface area contributed by atoms with Crippen molar-refractivity contribution in [1.82, 2.24) is 14.7 Å². The molecule has 0 spiro atoms. The third-order valence-corrected chi connectivity index (χ3v) is 4.47. The van der Waals surface area contributed by atoms with Gasteiger partial charge in [-0.15, -0.1) is 0 Å². The number of benzene rings is 2. The van der Waals surface area contributed by atoms with E-state index >= 15 is 0 Å². The van der Waals surface area contributed by atoms with E-state index in [9.17, 15) is 9.59 Å². The molecule has 0 atom stereocenters. The number of carbonyl (C=O) groups excluding carboxylic acids is 2. The summed E-state index contributed by atoms with van der Waals surface area (Å²) in [5.41, 5.74) is 2.47. The molecule has 0 aliphatic carbocycles. The summed E-state index contributed by atoms with van der Waals surface area (Å²) in [6, 6.07) is 18.5. The number of aromatic nitrogens is 2. The first-order valence-corrected chi connectivity index (χ1v) is 9.79. The van der Waals surface area contributed by atoms with Crippen molar-refractivity contribution >= 4 is 17.7 Å². The number of nitriles is 1. The van der Waals surface area contributed by atoms with Gasteiger partial charge in [0.1, 0.15) is 5.56 Å². The minimum Gasteiger partial charge on any atom is -0.462 e. The largest absolute Gasteiger partial charge is 0.462 e. The monoisotopic (exact) mass is 417 g/mol. The smallest absolute Gasteiger partial charge is 0.343 e. The van der Waals surface area contributed by atoms with Crippen LogP contribution in [-0.2, 0) is 16.1 Å². The molecule has 0 fully saturated rings. The maximum absolute atomic E-state index is 12.7. The molecule has 0 bridgehead atoms. The molecule has 0 aliphatic heterocycles. The van der Waals surface area contributed by atoms with Gasteiger partial charge in [-0.1, -0.05) is 30.3 Å². The van der Waals surface area contributed by atoms with Gasteiger partial charge in [-0.05, 0) is 43.8 Å². The standard InChI is InChI=1S/C23H23N5O3/c1-3-31-23(30)20-14-25-28(19-7-5-4-6-8-19)22(20)26-21(29)16-27(2)15-18-11-9-17(13-24)10-12-18/h4-12,14H,3,15-16H2,1-2H3,(H,26,29). The number of hydrogen-bond donors (Lipinski definition) is 1. The molecule has 3 aromatic rings. The molecule has 1 N–H and O–H groups in total. The van der Waals surface area contributed by atoms with Crippen LogP contribution in [0.4, 0.5) is 5.82 Å². The van der Waals surface area contributed by atoms with Gasteiger partial charge in [-0.3, -0.25) is 9.69 Å². The average Bonchev–Trinajstić information content (AvgIpc) is 3.18. The Labute approximate surface area is 180 Å². The van der Waals surface area contributed by atoms with Gasteiger partial charge in [0.2, 0.25) is 5.91 Å². The Hall–Kier alpha value is -3.96. The molecule has 0 aliphatic rings. The van der Waals surface area contributed by atoms with Gasteiger partial charge >= 0.3 is 5.97 Å². The summed E-state index contributed by atoms with van der Waals surface area (Å²) in [5.74, 6) is -0.577. The van der Waals surface area contributed by atoms with Crippen LogP contribution < -0.4 is 5.32 Å². The van der Waals surface area contributed by atoms with Crippen molar-refractivity contribution in [1.29, 1.82) is 5.26 Å². The van der Waals surface area contributed by atoms with Crippen LogP contribution in [-0.4, -0.2) is 46.8 Å². The van der Waals surface area contributed by atoms with Gasteiger partial charge in [0.05, 0.1) is 36.7 Å². The highest BCUT2D eigenvalue weighted by Crippen LogP contribution is 2.21. The summed E-state index contributed by atoms with van der Waals surface area (Å²) >= 11 is 0. The highest BCUT2D eigenvalue weighted by atomic mass is 16.5. The molecular formula is C23H23N5O3. The number of esters is 1. The van der Waals surface area contributed by atoms with Crippen molar-refractivity contribution in [3.63, 3.8) is 0 Å². The summed E-state index contributed by atoms with van der Waals surface area (Å²) in [5, 5.41) is 16.0. The van der Waals surface area contributed by atoms with E-state index in [2.05, 4.69) is 16.5 Å². The lowest BCUT2D eigenvalue weighted by Gasteiger charge is -2.17. The summed E-state index contributed by atoms with van der Waals surface area (Å²) in [6.07, 6.45) is 1.39. The summed E-state index contributed by atoms with van der Waals surface area (Å²) in [7, 11) is 1.82. The number of hydrogen-bond acceptors (Lipinski definition) is 6. The van der Waals surface area contributed by atoms with Crippen molar-refractivity contribution in [3.8, 4) is 11.8 Å². The number of rotatable bonds is 8. The van der Waals surface area contributed by atoms with E-state index in [0.29, 0.717) is 17.8 Å². The van der Waals surface area contributed by atoms with E-state index in [1.165, 1.54) is 10.9 Å². The van der Waals surface area contributed by atoms with Crippen LogP contribution in [0.2, 0.25) is 0 Å². The molecule has 0 saturated carbocycles. The Bertz CT molecular complexity index is 1080. The Kier molecular flexibility index (Phi) is 7.14. The van der Waals surface area contributed by atoms with Gasteiger partial charge in [0.25, 0.3) is 0 Å². The maximum atomic E-state index is 12.7. The highest BCUT2D eigenvalue weighted by Gasteiger charge is 2.22. The topological polar surface area (TPSA) is 100 Å². The van der Waals surface area contributed by atoms with Gasteiger partial charge in [-0.25, -0.2) is 9.48 Å². The van der Waals surface area contributed by atoms with E-state index in [0.717, 1.165) is 5.56 Å². The fourth-order valence-corrected chi connectivity index (χ4v) is 3.06. The number of ether oxygens (including phenoxy) is 1. The van der Waals surface area contributed by atoms with E-state index in [4.69, 9.17) is 10.00 Å². The second-order valence-corrected chi connectivity index (χ2v) is 6.90.